The lowest BCUT2D eigenvalue weighted by atomic mass is 10.2. The van der Waals surface area contributed by atoms with E-state index in [0.717, 1.165) is 0 Å². The minimum atomic E-state index is -1.14. The molecule has 0 atom stereocenters. The number of hydrogen-bond acceptors (Lipinski definition) is 4. The highest BCUT2D eigenvalue weighted by atomic mass is 32.1. The summed E-state index contributed by atoms with van der Waals surface area (Å²) in [4.78, 5) is 10.3. The number of para-hydroxylation sites is 1. The summed E-state index contributed by atoms with van der Waals surface area (Å²) < 4.78 is 35.6. The zero-order chi connectivity index (χ0) is 19.5. The zero-order valence-corrected chi connectivity index (χ0v) is 15.0. The zero-order valence-electron chi connectivity index (χ0n) is 14.1. The fraction of sp³-hybridized carbons (Fsp3) is 0.105. The number of halogens is 2. The number of methoxy groups -OCH3 is 2. The molecule has 0 radical (unpaired) electrons. The van der Waals surface area contributed by atoms with Crippen LogP contribution in [-0.2, 0) is 4.79 Å². The van der Waals surface area contributed by atoms with E-state index in [9.17, 15) is 13.6 Å². The summed E-state index contributed by atoms with van der Waals surface area (Å²) in [6.07, 6.45) is 4.12. The Morgan fingerprint density at radius 3 is 2.19 bits per heavy atom. The SMILES string of the molecule is COc1cccc(/C=C/C=C(\S)C(=O)O)c1F.COc1ccccc1F. The number of ether oxygens (including phenoxy) is 2. The summed E-state index contributed by atoms with van der Waals surface area (Å²) >= 11 is 3.73. The van der Waals surface area contributed by atoms with E-state index in [1.54, 1.807) is 30.3 Å². The van der Waals surface area contributed by atoms with Crippen LogP contribution in [0.5, 0.6) is 11.5 Å². The quantitative estimate of drug-likeness (QED) is 0.453. The molecule has 0 unspecified atom stereocenters. The van der Waals surface area contributed by atoms with Crippen molar-refractivity contribution in [3.8, 4) is 11.5 Å². The summed E-state index contributed by atoms with van der Waals surface area (Å²) in [6.45, 7) is 0. The molecule has 0 heterocycles. The van der Waals surface area contributed by atoms with Gasteiger partial charge in [-0.25, -0.2) is 13.6 Å². The smallest absolute Gasteiger partial charge is 0.341 e. The molecular weight excluding hydrogens is 362 g/mol. The third-order valence-corrected chi connectivity index (χ3v) is 3.36. The van der Waals surface area contributed by atoms with Crippen LogP contribution in [0.25, 0.3) is 6.08 Å². The van der Waals surface area contributed by atoms with E-state index in [1.807, 2.05) is 0 Å². The van der Waals surface area contributed by atoms with Gasteiger partial charge in [-0.2, -0.15) is 0 Å². The highest BCUT2D eigenvalue weighted by Gasteiger charge is 2.05. The molecule has 0 aromatic heterocycles. The highest BCUT2D eigenvalue weighted by molar-refractivity contribution is 7.85. The lowest BCUT2D eigenvalue weighted by molar-refractivity contribution is -0.131. The first-order valence-electron chi connectivity index (χ1n) is 7.32. The van der Waals surface area contributed by atoms with Gasteiger partial charge in [0.05, 0.1) is 19.1 Å². The molecule has 26 heavy (non-hydrogen) atoms. The molecule has 2 aromatic carbocycles. The van der Waals surface area contributed by atoms with Crippen molar-refractivity contribution in [2.75, 3.05) is 14.2 Å². The number of carboxylic acids is 1. The third-order valence-electron chi connectivity index (χ3n) is 3.02. The summed E-state index contributed by atoms with van der Waals surface area (Å²) in [7, 11) is 2.82. The Balaban J connectivity index is 0.000000314. The van der Waals surface area contributed by atoms with Crippen molar-refractivity contribution in [2.24, 2.45) is 0 Å². The van der Waals surface area contributed by atoms with Gasteiger partial charge in [0.1, 0.15) is 0 Å². The molecule has 0 amide bonds. The average molecular weight is 380 g/mol. The lowest BCUT2D eigenvalue weighted by Gasteiger charge is -2.03. The van der Waals surface area contributed by atoms with Crippen LogP contribution in [0.1, 0.15) is 5.56 Å². The molecule has 0 aliphatic heterocycles. The molecule has 0 fully saturated rings. The van der Waals surface area contributed by atoms with Crippen molar-refractivity contribution in [3.63, 3.8) is 0 Å². The largest absolute Gasteiger partial charge is 0.494 e. The molecule has 0 saturated heterocycles. The minimum Gasteiger partial charge on any atom is -0.494 e. The van der Waals surface area contributed by atoms with Gasteiger partial charge in [-0.3, -0.25) is 0 Å². The number of carboxylic acid groups (broad SMARTS) is 1. The fourth-order valence-corrected chi connectivity index (χ4v) is 1.82. The molecule has 7 heteroatoms. The number of rotatable bonds is 5. The van der Waals surface area contributed by atoms with Gasteiger partial charge in [-0.1, -0.05) is 36.4 Å². The Morgan fingerprint density at radius 2 is 1.65 bits per heavy atom. The van der Waals surface area contributed by atoms with Gasteiger partial charge in [0.15, 0.2) is 23.1 Å². The van der Waals surface area contributed by atoms with Crippen molar-refractivity contribution < 1.29 is 28.2 Å². The normalized spacial score (nSPS) is 10.9. The van der Waals surface area contributed by atoms with Gasteiger partial charge >= 0.3 is 5.97 Å². The van der Waals surface area contributed by atoms with E-state index < -0.39 is 11.8 Å². The van der Waals surface area contributed by atoms with E-state index >= 15 is 0 Å². The van der Waals surface area contributed by atoms with Crippen molar-refractivity contribution in [2.45, 2.75) is 0 Å². The second-order valence-electron chi connectivity index (χ2n) is 4.71. The minimum absolute atomic E-state index is 0.121. The van der Waals surface area contributed by atoms with Crippen LogP contribution in [0.4, 0.5) is 8.78 Å². The second kappa shape index (κ2) is 10.9. The molecule has 2 rings (SSSR count). The van der Waals surface area contributed by atoms with Gasteiger partial charge in [0.2, 0.25) is 0 Å². The van der Waals surface area contributed by atoms with Crippen LogP contribution in [0, 0.1) is 11.6 Å². The Morgan fingerprint density at radius 1 is 1.04 bits per heavy atom. The van der Waals surface area contributed by atoms with E-state index in [-0.39, 0.29) is 22.2 Å². The topological polar surface area (TPSA) is 55.8 Å². The molecule has 138 valence electrons. The van der Waals surface area contributed by atoms with Crippen LogP contribution in [0.15, 0.2) is 59.5 Å². The van der Waals surface area contributed by atoms with Gasteiger partial charge in [0.25, 0.3) is 0 Å². The monoisotopic (exact) mass is 380 g/mol. The highest BCUT2D eigenvalue weighted by Crippen LogP contribution is 2.21. The molecule has 0 aliphatic carbocycles. The van der Waals surface area contributed by atoms with Crippen molar-refractivity contribution >= 4 is 24.7 Å². The van der Waals surface area contributed by atoms with E-state index in [1.165, 1.54) is 44.6 Å². The van der Waals surface area contributed by atoms with Crippen molar-refractivity contribution in [3.05, 3.63) is 76.7 Å². The molecule has 0 saturated carbocycles. The molecule has 2 aromatic rings. The number of benzene rings is 2. The molecular formula is C19H18F2O4S. The summed E-state index contributed by atoms with van der Waals surface area (Å²) in [6, 6.07) is 11.0. The molecule has 0 aliphatic rings. The average Bonchev–Trinajstić information content (AvgIpc) is 2.64. The molecule has 4 nitrogen and oxygen atoms in total. The van der Waals surface area contributed by atoms with Crippen molar-refractivity contribution in [1.82, 2.24) is 0 Å². The van der Waals surface area contributed by atoms with Crippen LogP contribution in [0.3, 0.4) is 0 Å². The van der Waals surface area contributed by atoms with E-state index in [0.29, 0.717) is 5.56 Å². The fourth-order valence-electron chi connectivity index (χ4n) is 1.74. The Bertz CT molecular complexity index is 804. The van der Waals surface area contributed by atoms with Crippen molar-refractivity contribution in [1.29, 1.82) is 0 Å². The Hall–Kier alpha value is -2.80. The Kier molecular flexibility index (Phi) is 8.94. The number of allylic oxidation sites excluding steroid dienone is 2. The van der Waals surface area contributed by atoms with Gasteiger partial charge in [-0.05, 0) is 24.3 Å². The van der Waals surface area contributed by atoms with Crippen LogP contribution < -0.4 is 9.47 Å². The maximum absolute atomic E-state index is 13.6. The predicted octanol–water partition coefficient (Wildman–Crippen LogP) is 4.58. The first kappa shape index (κ1) is 21.2. The first-order chi connectivity index (χ1) is 12.4. The maximum Gasteiger partial charge on any atom is 0.341 e. The standard InChI is InChI=1S/C12H11FO3S.C7H7FO/c1-16-9-6-2-4-8(11(9)13)5-3-7-10(17)12(14)15;1-9-7-5-3-2-4-6(7)8/h2-7,17H,1H3,(H,14,15);2-5H,1H3/b5-3+,10-7-;. The summed E-state index contributed by atoms with van der Waals surface area (Å²) in [5, 5.41) is 8.54. The number of carbonyl (C=O) groups is 1. The van der Waals surface area contributed by atoms with Crippen LogP contribution in [0.2, 0.25) is 0 Å². The van der Waals surface area contributed by atoms with Gasteiger partial charge in [-0.15, -0.1) is 12.6 Å². The van der Waals surface area contributed by atoms with Crippen LogP contribution in [-0.4, -0.2) is 25.3 Å². The third kappa shape index (κ3) is 6.60. The maximum atomic E-state index is 13.6. The van der Waals surface area contributed by atoms with E-state index in [4.69, 9.17) is 9.84 Å². The Labute approximate surface area is 155 Å². The summed E-state index contributed by atoms with van der Waals surface area (Å²) in [5.41, 5.74) is 0.312. The lowest BCUT2D eigenvalue weighted by Crippen LogP contribution is -1.92. The summed E-state index contributed by atoms with van der Waals surface area (Å²) in [5.74, 6) is -1.52. The van der Waals surface area contributed by atoms with Gasteiger partial charge in [0, 0.05) is 5.56 Å². The van der Waals surface area contributed by atoms with Crippen LogP contribution >= 0.6 is 12.6 Å². The second-order valence-corrected chi connectivity index (χ2v) is 5.20. The number of thiol groups is 1. The molecule has 1 N–H and O–H groups in total. The predicted molar refractivity (Wildman–Crippen MR) is 99.6 cm³/mol. The van der Waals surface area contributed by atoms with E-state index in [2.05, 4.69) is 17.4 Å². The number of hydrogen-bond donors (Lipinski definition) is 2. The van der Waals surface area contributed by atoms with Gasteiger partial charge < -0.3 is 14.6 Å². The number of aliphatic carboxylic acids is 1. The molecule has 0 bridgehead atoms. The molecule has 0 spiro atoms. The first-order valence-corrected chi connectivity index (χ1v) is 7.77.